The van der Waals surface area contributed by atoms with Gasteiger partial charge < -0.3 is 0 Å². The minimum absolute atomic E-state index is 0.217. The van der Waals surface area contributed by atoms with Crippen LogP contribution >= 0.6 is 15.9 Å². The third-order valence-corrected chi connectivity index (χ3v) is 5.66. The van der Waals surface area contributed by atoms with Crippen molar-refractivity contribution in [2.75, 3.05) is 0 Å². The molecule has 2 unspecified atom stereocenters. The Hall–Kier alpha value is -0.630. The van der Waals surface area contributed by atoms with E-state index in [-0.39, 0.29) is 4.32 Å². The van der Waals surface area contributed by atoms with E-state index in [1.165, 1.54) is 25.7 Å². The number of hydrogen-bond donors (Lipinski definition) is 0. The van der Waals surface area contributed by atoms with E-state index in [0.29, 0.717) is 17.6 Å². The second kappa shape index (κ2) is 3.69. The Bertz CT molecular complexity index is 400. The molecule has 2 aliphatic carbocycles. The average Bonchev–Trinajstić information content (AvgIpc) is 2.98. The molecule has 1 nitrogen and oxygen atoms in total. The molecule has 3 rings (SSSR count). The third kappa shape index (κ3) is 1.39. The van der Waals surface area contributed by atoms with Gasteiger partial charge in [0, 0.05) is 5.56 Å². The number of hydrogen-bond acceptors (Lipinski definition) is 1. The van der Waals surface area contributed by atoms with Crippen molar-refractivity contribution >= 4 is 21.7 Å². The second-order valence-corrected chi connectivity index (χ2v) is 6.27. The first-order valence-electron chi connectivity index (χ1n) is 6.03. The minimum Gasteiger partial charge on any atom is -0.293 e. The van der Waals surface area contributed by atoms with Crippen molar-refractivity contribution in [1.29, 1.82) is 0 Å². The Balaban J connectivity index is 1.87. The zero-order valence-corrected chi connectivity index (χ0v) is 10.7. The van der Waals surface area contributed by atoms with E-state index >= 15 is 0 Å². The summed E-state index contributed by atoms with van der Waals surface area (Å²) >= 11 is 3.74. The molecule has 2 saturated carbocycles. The molecule has 0 amide bonds. The second-order valence-electron chi connectivity index (χ2n) is 4.96. The lowest BCUT2D eigenvalue weighted by atomic mass is 10.0. The number of carbonyl (C=O) groups is 1. The molecule has 84 valence electrons. The molecule has 0 spiro atoms. The number of rotatable bonds is 2. The van der Waals surface area contributed by atoms with Gasteiger partial charge >= 0.3 is 0 Å². The monoisotopic (exact) mass is 278 g/mol. The lowest BCUT2D eigenvalue weighted by Gasteiger charge is -2.07. The van der Waals surface area contributed by atoms with Crippen molar-refractivity contribution in [2.45, 2.75) is 30.0 Å². The van der Waals surface area contributed by atoms with Gasteiger partial charge in [-0.1, -0.05) is 59.1 Å². The molecule has 2 fully saturated rings. The normalized spacial score (nSPS) is 36.6. The van der Waals surface area contributed by atoms with Crippen LogP contribution in [0.25, 0.3) is 0 Å². The van der Waals surface area contributed by atoms with E-state index < -0.39 is 0 Å². The molecule has 0 saturated heterocycles. The van der Waals surface area contributed by atoms with Crippen LogP contribution in [0.4, 0.5) is 0 Å². The number of halogens is 1. The van der Waals surface area contributed by atoms with Gasteiger partial charge in [-0.05, 0) is 24.7 Å². The van der Waals surface area contributed by atoms with Crippen LogP contribution in [-0.2, 0) is 0 Å². The summed E-state index contributed by atoms with van der Waals surface area (Å²) in [6.45, 7) is 0. The van der Waals surface area contributed by atoms with E-state index in [1.54, 1.807) is 0 Å². The fraction of sp³-hybridized carbons (Fsp3) is 0.500. The van der Waals surface area contributed by atoms with Gasteiger partial charge in [0.25, 0.3) is 0 Å². The molecule has 0 N–H and O–H groups in total. The fourth-order valence-corrected chi connectivity index (χ4v) is 4.39. The maximum absolute atomic E-state index is 12.4. The molecular formula is C14H15BrO. The molecule has 1 aromatic carbocycles. The van der Waals surface area contributed by atoms with E-state index in [1.807, 2.05) is 30.3 Å². The highest BCUT2D eigenvalue weighted by Gasteiger charge is 2.67. The van der Waals surface area contributed by atoms with Crippen molar-refractivity contribution in [2.24, 2.45) is 11.8 Å². The Morgan fingerprint density at radius 2 is 1.69 bits per heavy atom. The number of Topliss-reactive ketones (excluding diaryl/α,β-unsaturated/α-hetero) is 1. The zero-order valence-electron chi connectivity index (χ0n) is 9.16. The number of fused-ring (bicyclic) bond motifs is 1. The topological polar surface area (TPSA) is 17.1 Å². The molecule has 2 heteroatoms. The maximum Gasteiger partial charge on any atom is 0.180 e. The molecule has 0 aromatic heterocycles. The first kappa shape index (κ1) is 10.5. The third-order valence-electron chi connectivity index (χ3n) is 4.12. The van der Waals surface area contributed by atoms with Gasteiger partial charge in [-0.15, -0.1) is 0 Å². The SMILES string of the molecule is O=C(c1ccccc1)C1(Br)C2CCCCC21. The average molecular weight is 279 g/mol. The van der Waals surface area contributed by atoms with Crippen molar-refractivity contribution in [3.05, 3.63) is 35.9 Å². The lowest BCUT2D eigenvalue weighted by Crippen LogP contribution is -2.19. The number of ketones is 1. The van der Waals surface area contributed by atoms with Crippen LogP contribution < -0.4 is 0 Å². The summed E-state index contributed by atoms with van der Waals surface area (Å²) in [5.74, 6) is 1.48. The highest BCUT2D eigenvalue weighted by atomic mass is 79.9. The molecule has 2 atom stereocenters. The smallest absolute Gasteiger partial charge is 0.180 e. The number of benzene rings is 1. The molecule has 16 heavy (non-hydrogen) atoms. The summed E-state index contributed by atoms with van der Waals surface area (Å²) in [7, 11) is 0. The minimum atomic E-state index is -0.217. The van der Waals surface area contributed by atoms with Gasteiger partial charge in [0.1, 0.15) is 0 Å². The predicted molar refractivity (Wildman–Crippen MR) is 67.9 cm³/mol. The summed E-state index contributed by atoms with van der Waals surface area (Å²) in [6, 6.07) is 9.69. The van der Waals surface area contributed by atoms with E-state index in [0.717, 1.165) is 5.56 Å². The first-order valence-corrected chi connectivity index (χ1v) is 6.82. The van der Waals surface area contributed by atoms with Crippen molar-refractivity contribution in [3.8, 4) is 0 Å². The van der Waals surface area contributed by atoms with Gasteiger partial charge in [-0.3, -0.25) is 4.79 Å². The molecule has 0 aliphatic heterocycles. The molecule has 0 radical (unpaired) electrons. The maximum atomic E-state index is 12.4. The van der Waals surface area contributed by atoms with Crippen molar-refractivity contribution < 1.29 is 4.79 Å². The van der Waals surface area contributed by atoms with E-state index in [9.17, 15) is 4.79 Å². The number of alkyl halides is 1. The van der Waals surface area contributed by atoms with Crippen molar-refractivity contribution in [1.82, 2.24) is 0 Å². The van der Waals surface area contributed by atoms with Gasteiger partial charge in [-0.2, -0.15) is 0 Å². The van der Waals surface area contributed by atoms with Crippen molar-refractivity contribution in [3.63, 3.8) is 0 Å². The van der Waals surface area contributed by atoms with Crippen LogP contribution in [0.15, 0.2) is 30.3 Å². The molecule has 0 bridgehead atoms. The number of carbonyl (C=O) groups excluding carboxylic acids is 1. The Kier molecular flexibility index (Phi) is 2.43. The fourth-order valence-electron chi connectivity index (χ4n) is 3.20. The van der Waals surface area contributed by atoms with Gasteiger partial charge in [0.15, 0.2) is 5.78 Å². The molecular weight excluding hydrogens is 264 g/mol. The summed E-state index contributed by atoms with van der Waals surface area (Å²) in [5.41, 5.74) is 0.855. The first-order chi connectivity index (χ1) is 7.74. The predicted octanol–water partition coefficient (Wildman–Crippen LogP) is 3.82. The highest BCUT2D eigenvalue weighted by molar-refractivity contribution is 9.10. The van der Waals surface area contributed by atoms with Crippen LogP contribution in [0, 0.1) is 11.8 Å². The lowest BCUT2D eigenvalue weighted by molar-refractivity contribution is 0.0974. The Morgan fingerprint density at radius 3 is 2.25 bits per heavy atom. The zero-order chi connectivity index (χ0) is 11.2. The van der Waals surface area contributed by atoms with Gasteiger partial charge in [0.05, 0.1) is 4.32 Å². The van der Waals surface area contributed by atoms with Gasteiger partial charge in [-0.25, -0.2) is 0 Å². The standard InChI is InChI=1S/C14H15BrO/c15-14(11-8-4-5-9-12(11)14)13(16)10-6-2-1-3-7-10/h1-3,6-7,11-12H,4-5,8-9H2. The van der Waals surface area contributed by atoms with Crippen LogP contribution in [0.2, 0.25) is 0 Å². The van der Waals surface area contributed by atoms with Gasteiger partial charge in [0.2, 0.25) is 0 Å². The molecule has 2 aliphatic rings. The Labute approximate surface area is 104 Å². The van der Waals surface area contributed by atoms with E-state index in [4.69, 9.17) is 0 Å². The Morgan fingerprint density at radius 1 is 1.12 bits per heavy atom. The van der Waals surface area contributed by atoms with E-state index in [2.05, 4.69) is 15.9 Å². The summed E-state index contributed by atoms with van der Waals surface area (Å²) in [5, 5.41) is 0. The van der Waals surface area contributed by atoms with Crippen LogP contribution in [0.3, 0.4) is 0 Å². The summed E-state index contributed by atoms with van der Waals surface area (Å²) in [6.07, 6.45) is 5.01. The highest BCUT2D eigenvalue weighted by Crippen LogP contribution is 2.65. The van der Waals surface area contributed by atoms with Crippen LogP contribution in [0.5, 0.6) is 0 Å². The van der Waals surface area contributed by atoms with Crippen LogP contribution in [0.1, 0.15) is 36.0 Å². The quantitative estimate of drug-likeness (QED) is 0.594. The largest absolute Gasteiger partial charge is 0.293 e. The summed E-state index contributed by atoms with van der Waals surface area (Å²) < 4.78 is -0.217. The summed E-state index contributed by atoms with van der Waals surface area (Å²) in [4.78, 5) is 12.4. The molecule has 1 aromatic rings. The van der Waals surface area contributed by atoms with Crippen LogP contribution in [-0.4, -0.2) is 10.1 Å². The molecule has 0 heterocycles.